The zero-order valence-electron chi connectivity index (χ0n) is 10.7. The van der Waals surface area contributed by atoms with Crippen molar-refractivity contribution < 1.29 is 0 Å². The van der Waals surface area contributed by atoms with Crippen LogP contribution in [0, 0.1) is 0 Å². The molecule has 0 atom stereocenters. The molecule has 0 saturated carbocycles. The highest BCUT2D eigenvalue weighted by Gasteiger charge is 2.04. The summed E-state index contributed by atoms with van der Waals surface area (Å²) in [7, 11) is 0. The normalized spacial score (nSPS) is 10.3. The van der Waals surface area contributed by atoms with Crippen LogP contribution in [0.5, 0.6) is 0 Å². The van der Waals surface area contributed by atoms with Crippen molar-refractivity contribution in [3.63, 3.8) is 0 Å². The van der Waals surface area contributed by atoms with Crippen LogP contribution in [-0.2, 0) is 13.1 Å². The van der Waals surface area contributed by atoms with Crippen LogP contribution in [0.1, 0.15) is 12.0 Å². The molecule has 0 aliphatic carbocycles. The molecule has 19 heavy (non-hydrogen) atoms. The molecule has 98 valence electrons. The standard InChI is InChI=1S/C15H16N2O2/c1-2-3-9-16-10-11-17(15(19)14(16)18)12-13-7-5-4-6-8-13/h2,4-8,10-11H,1,3,9,12H2. The van der Waals surface area contributed by atoms with E-state index in [1.165, 1.54) is 9.13 Å². The molecule has 0 amide bonds. The summed E-state index contributed by atoms with van der Waals surface area (Å²) in [5, 5.41) is 0. The van der Waals surface area contributed by atoms with Gasteiger partial charge in [0.2, 0.25) is 0 Å². The minimum absolute atomic E-state index is 0.414. The number of hydrogen-bond acceptors (Lipinski definition) is 2. The largest absolute Gasteiger partial charge is 0.316 e. The quantitative estimate of drug-likeness (QED) is 0.603. The van der Waals surface area contributed by atoms with Crippen LogP contribution in [-0.4, -0.2) is 9.13 Å². The van der Waals surface area contributed by atoms with Gasteiger partial charge in [-0.05, 0) is 12.0 Å². The van der Waals surface area contributed by atoms with E-state index < -0.39 is 11.1 Å². The van der Waals surface area contributed by atoms with Crippen molar-refractivity contribution in [3.05, 3.63) is 81.7 Å². The van der Waals surface area contributed by atoms with Gasteiger partial charge in [-0.25, -0.2) is 0 Å². The zero-order valence-corrected chi connectivity index (χ0v) is 10.7. The maximum absolute atomic E-state index is 12.0. The number of rotatable bonds is 5. The lowest BCUT2D eigenvalue weighted by Gasteiger charge is -2.08. The van der Waals surface area contributed by atoms with Crippen molar-refractivity contribution in [1.29, 1.82) is 0 Å². The van der Waals surface area contributed by atoms with Crippen LogP contribution >= 0.6 is 0 Å². The van der Waals surface area contributed by atoms with Gasteiger partial charge in [-0.2, -0.15) is 0 Å². The second kappa shape index (κ2) is 6.00. The molecule has 2 rings (SSSR count). The number of benzene rings is 1. The maximum atomic E-state index is 12.0. The molecular weight excluding hydrogens is 240 g/mol. The van der Waals surface area contributed by atoms with Crippen LogP contribution < -0.4 is 11.1 Å². The van der Waals surface area contributed by atoms with Gasteiger partial charge in [-0.3, -0.25) is 9.59 Å². The van der Waals surface area contributed by atoms with E-state index in [1.54, 1.807) is 18.5 Å². The van der Waals surface area contributed by atoms with Crippen LogP contribution in [0.15, 0.2) is 65.0 Å². The molecule has 4 nitrogen and oxygen atoms in total. The summed E-state index contributed by atoms with van der Waals surface area (Å²) in [6, 6.07) is 9.59. The molecule has 0 radical (unpaired) electrons. The molecule has 0 unspecified atom stereocenters. The van der Waals surface area contributed by atoms with Crippen molar-refractivity contribution >= 4 is 0 Å². The Bertz CT molecular complexity index is 669. The van der Waals surface area contributed by atoms with Gasteiger partial charge in [-0.15, -0.1) is 6.58 Å². The first kappa shape index (κ1) is 13.1. The summed E-state index contributed by atoms with van der Waals surface area (Å²) in [5.41, 5.74) is 0.0172. The van der Waals surface area contributed by atoms with Crippen molar-refractivity contribution in [2.45, 2.75) is 19.5 Å². The maximum Gasteiger partial charge on any atom is 0.316 e. The third-order valence-electron chi connectivity index (χ3n) is 2.90. The SMILES string of the molecule is C=CCCn1ccn(Cc2ccccc2)c(=O)c1=O. The predicted octanol–water partition coefficient (Wildman–Crippen LogP) is 1.63. The Labute approximate surface area is 111 Å². The van der Waals surface area contributed by atoms with Gasteiger partial charge in [0.25, 0.3) is 0 Å². The fourth-order valence-corrected chi connectivity index (χ4v) is 1.85. The third kappa shape index (κ3) is 3.10. The summed E-state index contributed by atoms with van der Waals surface area (Å²) in [6.45, 7) is 4.51. The Hall–Kier alpha value is -2.36. The predicted molar refractivity (Wildman–Crippen MR) is 75.3 cm³/mol. The molecule has 0 aliphatic heterocycles. The average Bonchev–Trinajstić information content (AvgIpc) is 2.44. The Morgan fingerprint density at radius 3 is 2.32 bits per heavy atom. The minimum atomic E-state index is -0.490. The van der Waals surface area contributed by atoms with E-state index in [0.717, 1.165) is 5.56 Å². The molecule has 0 N–H and O–H groups in total. The Morgan fingerprint density at radius 1 is 1.00 bits per heavy atom. The number of hydrogen-bond donors (Lipinski definition) is 0. The first-order valence-corrected chi connectivity index (χ1v) is 6.17. The first-order valence-electron chi connectivity index (χ1n) is 6.17. The smallest absolute Gasteiger partial charge is 0.309 e. The van der Waals surface area contributed by atoms with E-state index in [0.29, 0.717) is 19.5 Å². The summed E-state index contributed by atoms with van der Waals surface area (Å²) < 4.78 is 2.85. The number of aryl methyl sites for hydroxylation is 1. The number of allylic oxidation sites excluding steroid dienone is 1. The van der Waals surface area contributed by atoms with Gasteiger partial charge in [0.15, 0.2) is 0 Å². The number of aromatic nitrogens is 2. The average molecular weight is 256 g/mol. The molecule has 1 heterocycles. The summed E-state index contributed by atoms with van der Waals surface area (Å²) >= 11 is 0. The summed E-state index contributed by atoms with van der Waals surface area (Å²) in [5.74, 6) is 0. The fraction of sp³-hybridized carbons (Fsp3) is 0.200. The van der Waals surface area contributed by atoms with Crippen LogP contribution in [0.25, 0.3) is 0 Å². The van der Waals surface area contributed by atoms with Crippen molar-refractivity contribution in [2.75, 3.05) is 0 Å². The van der Waals surface area contributed by atoms with Crippen LogP contribution in [0.2, 0.25) is 0 Å². The molecule has 1 aromatic carbocycles. The van der Waals surface area contributed by atoms with Gasteiger partial charge in [0, 0.05) is 18.9 Å². The highest BCUT2D eigenvalue weighted by atomic mass is 16.2. The van der Waals surface area contributed by atoms with E-state index in [9.17, 15) is 9.59 Å². The first-order chi connectivity index (χ1) is 9.22. The van der Waals surface area contributed by atoms with E-state index in [1.807, 2.05) is 30.3 Å². The van der Waals surface area contributed by atoms with E-state index >= 15 is 0 Å². The molecule has 0 spiro atoms. The molecule has 0 bridgehead atoms. The van der Waals surface area contributed by atoms with Gasteiger partial charge < -0.3 is 9.13 Å². The number of nitrogens with zero attached hydrogens (tertiary/aromatic N) is 2. The summed E-state index contributed by atoms with van der Waals surface area (Å²) in [4.78, 5) is 23.8. The topological polar surface area (TPSA) is 44.0 Å². The lowest BCUT2D eigenvalue weighted by atomic mass is 10.2. The Morgan fingerprint density at radius 2 is 1.63 bits per heavy atom. The molecule has 0 fully saturated rings. The highest BCUT2D eigenvalue weighted by Crippen LogP contribution is 1.99. The molecule has 2 aromatic rings. The van der Waals surface area contributed by atoms with Crippen LogP contribution in [0.3, 0.4) is 0 Å². The van der Waals surface area contributed by atoms with Gasteiger partial charge in [-0.1, -0.05) is 36.4 Å². The monoisotopic (exact) mass is 256 g/mol. The molecule has 4 heteroatoms. The van der Waals surface area contributed by atoms with Gasteiger partial charge in [0.1, 0.15) is 0 Å². The van der Waals surface area contributed by atoms with E-state index in [4.69, 9.17) is 0 Å². The van der Waals surface area contributed by atoms with Gasteiger partial charge in [0.05, 0.1) is 6.54 Å². The van der Waals surface area contributed by atoms with E-state index in [-0.39, 0.29) is 0 Å². The molecular formula is C15H16N2O2. The van der Waals surface area contributed by atoms with Gasteiger partial charge >= 0.3 is 11.1 Å². The molecule has 0 saturated heterocycles. The second-order valence-corrected chi connectivity index (χ2v) is 4.29. The lowest BCUT2D eigenvalue weighted by Crippen LogP contribution is -2.40. The van der Waals surface area contributed by atoms with E-state index in [2.05, 4.69) is 6.58 Å². The van der Waals surface area contributed by atoms with Crippen molar-refractivity contribution in [3.8, 4) is 0 Å². The fourth-order valence-electron chi connectivity index (χ4n) is 1.85. The Balaban J connectivity index is 2.29. The molecule has 1 aromatic heterocycles. The minimum Gasteiger partial charge on any atom is -0.309 e. The molecule has 0 aliphatic rings. The van der Waals surface area contributed by atoms with Crippen LogP contribution in [0.4, 0.5) is 0 Å². The van der Waals surface area contributed by atoms with Crippen molar-refractivity contribution in [1.82, 2.24) is 9.13 Å². The third-order valence-corrected chi connectivity index (χ3v) is 2.90. The zero-order chi connectivity index (χ0) is 13.7. The summed E-state index contributed by atoms with van der Waals surface area (Å²) in [6.07, 6.45) is 5.69. The second-order valence-electron chi connectivity index (χ2n) is 4.29. The highest BCUT2D eigenvalue weighted by molar-refractivity contribution is 5.15. The Kier molecular flexibility index (Phi) is 4.13. The lowest BCUT2D eigenvalue weighted by molar-refractivity contribution is 0.628. The van der Waals surface area contributed by atoms with Crippen molar-refractivity contribution in [2.24, 2.45) is 0 Å².